The first kappa shape index (κ1) is 8.99. The Kier molecular flexibility index (Phi) is 1.91. The zero-order chi connectivity index (χ0) is 10.2. The van der Waals surface area contributed by atoms with Crippen LogP contribution in [0.1, 0.15) is 30.3 Å². The molecule has 2 rings (SSSR count). The Morgan fingerprint density at radius 3 is 2.93 bits per heavy atom. The molecule has 4 heteroatoms. The highest BCUT2D eigenvalue weighted by Gasteiger charge is 2.37. The van der Waals surface area contributed by atoms with E-state index in [0.29, 0.717) is 5.69 Å². The Bertz CT molecular complexity index is 372. The molecule has 0 amide bonds. The summed E-state index contributed by atoms with van der Waals surface area (Å²) in [7, 11) is 0. The summed E-state index contributed by atoms with van der Waals surface area (Å²) < 4.78 is 0. The molecule has 1 aliphatic rings. The molecule has 1 saturated carbocycles. The van der Waals surface area contributed by atoms with E-state index in [1.807, 2.05) is 0 Å². The fourth-order valence-corrected chi connectivity index (χ4v) is 1.31. The minimum absolute atomic E-state index is 0.0766. The monoisotopic (exact) mass is 192 g/mol. The lowest BCUT2D eigenvalue weighted by Crippen LogP contribution is -2.18. The van der Waals surface area contributed by atoms with Crippen LogP contribution in [0.25, 0.3) is 0 Å². The molecular formula is C10H12N2O2. The minimum Gasteiger partial charge on any atom is -0.476 e. The number of aromatic carboxylic acids is 1. The molecule has 1 aromatic rings. The molecule has 0 aliphatic heterocycles. The molecule has 0 spiro atoms. The molecule has 0 unspecified atom stereocenters. The Morgan fingerprint density at radius 1 is 1.64 bits per heavy atom. The van der Waals surface area contributed by atoms with Gasteiger partial charge in [-0.15, -0.1) is 0 Å². The number of hydrogen-bond donors (Lipinski definition) is 2. The molecular weight excluding hydrogens is 180 g/mol. The molecule has 1 aliphatic carbocycles. The van der Waals surface area contributed by atoms with Gasteiger partial charge in [0.25, 0.3) is 0 Å². The highest BCUT2D eigenvalue weighted by Crippen LogP contribution is 2.38. The first-order valence-electron chi connectivity index (χ1n) is 4.57. The number of aromatic nitrogens is 1. The van der Waals surface area contributed by atoms with E-state index >= 15 is 0 Å². The number of nitrogens with one attached hydrogen (secondary N) is 1. The Balaban J connectivity index is 2.27. The zero-order valence-corrected chi connectivity index (χ0v) is 7.95. The Hall–Kier alpha value is -1.58. The van der Waals surface area contributed by atoms with Crippen LogP contribution in [0.5, 0.6) is 0 Å². The SMILES string of the molecule is CC1(Nc2cccnc2C(=O)O)CC1. The van der Waals surface area contributed by atoms with E-state index in [-0.39, 0.29) is 11.2 Å². The fraction of sp³-hybridized carbons (Fsp3) is 0.400. The van der Waals surface area contributed by atoms with Crippen molar-refractivity contribution in [3.8, 4) is 0 Å². The molecule has 0 bridgehead atoms. The predicted molar refractivity (Wildman–Crippen MR) is 52.5 cm³/mol. The highest BCUT2D eigenvalue weighted by molar-refractivity contribution is 5.92. The van der Waals surface area contributed by atoms with Gasteiger partial charge in [-0.1, -0.05) is 0 Å². The lowest BCUT2D eigenvalue weighted by molar-refractivity contribution is 0.0691. The summed E-state index contributed by atoms with van der Waals surface area (Å²) in [5.74, 6) is -0.989. The first-order chi connectivity index (χ1) is 6.61. The van der Waals surface area contributed by atoms with E-state index in [4.69, 9.17) is 5.11 Å². The number of carbonyl (C=O) groups is 1. The van der Waals surface area contributed by atoms with Crippen LogP contribution in [0.2, 0.25) is 0 Å². The van der Waals surface area contributed by atoms with Crippen LogP contribution in [0.4, 0.5) is 5.69 Å². The molecule has 1 aromatic heterocycles. The van der Waals surface area contributed by atoms with E-state index < -0.39 is 5.97 Å². The smallest absolute Gasteiger partial charge is 0.356 e. The van der Waals surface area contributed by atoms with Gasteiger partial charge >= 0.3 is 5.97 Å². The third-order valence-electron chi connectivity index (χ3n) is 2.45. The topological polar surface area (TPSA) is 62.2 Å². The van der Waals surface area contributed by atoms with Crippen LogP contribution < -0.4 is 5.32 Å². The summed E-state index contributed by atoms with van der Waals surface area (Å²) in [6.07, 6.45) is 3.66. The van der Waals surface area contributed by atoms with Crippen molar-refractivity contribution >= 4 is 11.7 Å². The molecule has 4 nitrogen and oxygen atoms in total. The van der Waals surface area contributed by atoms with Crippen LogP contribution in [-0.4, -0.2) is 21.6 Å². The Labute approximate surface area is 82.0 Å². The molecule has 74 valence electrons. The summed E-state index contributed by atoms with van der Waals surface area (Å²) in [5, 5.41) is 12.1. The van der Waals surface area contributed by atoms with Crippen LogP contribution in [0.3, 0.4) is 0 Å². The maximum atomic E-state index is 10.8. The van der Waals surface area contributed by atoms with Gasteiger partial charge in [0.15, 0.2) is 5.69 Å². The van der Waals surface area contributed by atoms with E-state index in [9.17, 15) is 4.79 Å². The van der Waals surface area contributed by atoms with Crippen LogP contribution in [-0.2, 0) is 0 Å². The predicted octanol–water partition coefficient (Wildman–Crippen LogP) is 1.74. The van der Waals surface area contributed by atoms with Crippen molar-refractivity contribution in [3.63, 3.8) is 0 Å². The van der Waals surface area contributed by atoms with Gasteiger partial charge in [0.2, 0.25) is 0 Å². The van der Waals surface area contributed by atoms with E-state index in [2.05, 4.69) is 17.2 Å². The molecule has 14 heavy (non-hydrogen) atoms. The number of carboxylic acid groups (broad SMARTS) is 1. The minimum atomic E-state index is -0.989. The van der Waals surface area contributed by atoms with Gasteiger partial charge in [0, 0.05) is 11.7 Å². The maximum Gasteiger partial charge on any atom is 0.356 e. The summed E-state index contributed by atoms with van der Waals surface area (Å²) >= 11 is 0. The molecule has 0 atom stereocenters. The third-order valence-corrected chi connectivity index (χ3v) is 2.45. The van der Waals surface area contributed by atoms with Crippen molar-refractivity contribution < 1.29 is 9.90 Å². The molecule has 0 aromatic carbocycles. The average Bonchev–Trinajstić information content (AvgIpc) is 2.84. The van der Waals surface area contributed by atoms with Gasteiger partial charge in [-0.25, -0.2) is 9.78 Å². The number of pyridine rings is 1. The maximum absolute atomic E-state index is 10.8. The van der Waals surface area contributed by atoms with Crippen molar-refractivity contribution in [2.45, 2.75) is 25.3 Å². The molecule has 2 N–H and O–H groups in total. The largest absolute Gasteiger partial charge is 0.476 e. The normalized spacial score (nSPS) is 17.5. The fourth-order valence-electron chi connectivity index (χ4n) is 1.31. The van der Waals surface area contributed by atoms with Crippen molar-refractivity contribution in [2.24, 2.45) is 0 Å². The van der Waals surface area contributed by atoms with E-state index in [0.717, 1.165) is 12.8 Å². The lowest BCUT2D eigenvalue weighted by Gasteiger charge is -2.14. The summed E-state index contributed by atoms with van der Waals surface area (Å²) in [4.78, 5) is 14.7. The molecule has 1 heterocycles. The van der Waals surface area contributed by atoms with Crippen LogP contribution in [0.15, 0.2) is 18.3 Å². The second-order valence-electron chi connectivity index (χ2n) is 3.89. The van der Waals surface area contributed by atoms with Crippen molar-refractivity contribution in [3.05, 3.63) is 24.0 Å². The van der Waals surface area contributed by atoms with Gasteiger partial charge < -0.3 is 10.4 Å². The summed E-state index contributed by atoms with van der Waals surface area (Å²) in [6, 6.07) is 3.49. The molecule has 1 fully saturated rings. The molecule has 0 saturated heterocycles. The van der Waals surface area contributed by atoms with Gasteiger partial charge in [0.05, 0.1) is 5.69 Å². The Morgan fingerprint density at radius 2 is 2.36 bits per heavy atom. The van der Waals surface area contributed by atoms with Crippen molar-refractivity contribution in [1.82, 2.24) is 4.98 Å². The van der Waals surface area contributed by atoms with Gasteiger partial charge in [-0.3, -0.25) is 0 Å². The quantitative estimate of drug-likeness (QED) is 0.765. The van der Waals surface area contributed by atoms with Crippen LogP contribution in [0, 0.1) is 0 Å². The average molecular weight is 192 g/mol. The van der Waals surface area contributed by atoms with E-state index in [1.54, 1.807) is 12.1 Å². The standard InChI is InChI=1S/C10H12N2O2/c1-10(4-5-10)12-7-3-2-6-11-8(7)9(13)14/h2-3,6,12H,4-5H2,1H3,(H,13,14). The number of nitrogens with zero attached hydrogens (tertiary/aromatic N) is 1. The number of carboxylic acids is 1. The third kappa shape index (κ3) is 1.69. The number of anilines is 1. The van der Waals surface area contributed by atoms with E-state index in [1.165, 1.54) is 6.20 Å². The second-order valence-corrected chi connectivity index (χ2v) is 3.89. The van der Waals surface area contributed by atoms with Crippen molar-refractivity contribution in [2.75, 3.05) is 5.32 Å². The van der Waals surface area contributed by atoms with Crippen LogP contribution >= 0.6 is 0 Å². The highest BCUT2D eigenvalue weighted by atomic mass is 16.4. The number of rotatable bonds is 3. The zero-order valence-electron chi connectivity index (χ0n) is 7.95. The van der Waals surface area contributed by atoms with Gasteiger partial charge in [-0.2, -0.15) is 0 Å². The second kappa shape index (κ2) is 2.97. The molecule has 0 radical (unpaired) electrons. The number of hydrogen-bond acceptors (Lipinski definition) is 3. The van der Waals surface area contributed by atoms with Crippen molar-refractivity contribution in [1.29, 1.82) is 0 Å². The van der Waals surface area contributed by atoms with Gasteiger partial charge in [-0.05, 0) is 31.9 Å². The summed E-state index contributed by atoms with van der Waals surface area (Å²) in [5.41, 5.74) is 0.786. The lowest BCUT2D eigenvalue weighted by atomic mass is 10.2. The van der Waals surface area contributed by atoms with Gasteiger partial charge in [0.1, 0.15) is 0 Å². The summed E-state index contributed by atoms with van der Waals surface area (Å²) in [6.45, 7) is 2.08. The first-order valence-corrected chi connectivity index (χ1v) is 4.57.